The van der Waals surface area contributed by atoms with E-state index < -0.39 is 23.5 Å². The second-order valence-corrected chi connectivity index (χ2v) is 8.29. The summed E-state index contributed by atoms with van der Waals surface area (Å²) in [5, 5.41) is 3.51. The van der Waals surface area contributed by atoms with Crippen LogP contribution in [0.4, 0.5) is 11.4 Å². The summed E-state index contributed by atoms with van der Waals surface area (Å²) in [4.78, 5) is 28.2. The van der Waals surface area contributed by atoms with Gasteiger partial charge in [0, 0.05) is 22.5 Å². The topological polar surface area (TPSA) is 77.1 Å². The Morgan fingerprint density at radius 3 is 2.77 bits per heavy atom. The van der Waals surface area contributed by atoms with Gasteiger partial charge in [0.25, 0.3) is 0 Å². The molecule has 152 valence electrons. The number of carbonyl (C=O) groups is 2. The van der Waals surface area contributed by atoms with E-state index in [1.807, 2.05) is 12.2 Å². The molecule has 30 heavy (non-hydrogen) atoms. The first-order valence-corrected chi connectivity index (χ1v) is 10.1. The number of benzene rings is 2. The van der Waals surface area contributed by atoms with Gasteiger partial charge in [-0.15, -0.1) is 0 Å². The summed E-state index contributed by atoms with van der Waals surface area (Å²) >= 11 is 5.98. The van der Waals surface area contributed by atoms with Gasteiger partial charge in [0.15, 0.2) is 11.5 Å². The molecule has 0 aliphatic carbocycles. The zero-order chi connectivity index (χ0) is 20.5. The van der Waals surface area contributed by atoms with Gasteiger partial charge in [-0.25, -0.2) is 0 Å². The molecule has 1 N–H and O–H groups in total. The van der Waals surface area contributed by atoms with Gasteiger partial charge in [-0.05, 0) is 36.4 Å². The van der Waals surface area contributed by atoms with Crippen LogP contribution in [0.5, 0.6) is 11.5 Å². The molecule has 0 radical (unpaired) electrons. The minimum Gasteiger partial charge on any atom is -0.454 e. The number of amides is 2. The third-order valence-corrected chi connectivity index (χ3v) is 6.43. The Kier molecular flexibility index (Phi) is 3.70. The molecule has 2 fully saturated rings. The molecule has 4 aliphatic heterocycles. The SMILES string of the molecule is O=C(Nc1ccc2c(c1)OCO2)[C@@H]1[C@H]2C=C[C@]3(CN(c4ccc(Cl)cc4)C(=O)[C@@H]13)O2. The van der Waals surface area contributed by atoms with Crippen LogP contribution in [0, 0.1) is 11.8 Å². The van der Waals surface area contributed by atoms with Crippen LogP contribution in [0.25, 0.3) is 0 Å². The van der Waals surface area contributed by atoms with Gasteiger partial charge in [0.2, 0.25) is 18.6 Å². The normalized spacial score (nSPS) is 30.1. The first kappa shape index (κ1) is 17.8. The smallest absolute Gasteiger partial charge is 0.234 e. The zero-order valence-electron chi connectivity index (χ0n) is 15.7. The molecule has 4 aliphatic rings. The van der Waals surface area contributed by atoms with Crippen LogP contribution in [-0.2, 0) is 14.3 Å². The van der Waals surface area contributed by atoms with Crippen molar-refractivity contribution in [2.24, 2.45) is 11.8 Å². The van der Waals surface area contributed by atoms with E-state index in [2.05, 4.69) is 5.32 Å². The predicted octanol–water partition coefficient (Wildman–Crippen LogP) is 2.99. The number of fused-ring (bicyclic) bond motifs is 2. The highest BCUT2D eigenvalue weighted by Gasteiger charge is 2.67. The fourth-order valence-electron chi connectivity index (χ4n) is 4.84. The monoisotopic (exact) mass is 424 g/mol. The van der Waals surface area contributed by atoms with Gasteiger partial charge < -0.3 is 24.4 Å². The second-order valence-electron chi connectivity index (χ2n) is 7.86. The van der Waals surface area contributed by atoms with Gasteiger partial charge in [0.1, 0.15) is 5.60 Å². The third kappa shape index (κ3) is 2.49. The summed E-state index contributed by atoms with van der Waals surface area (Å²) in [7, 11) is 0. The van der Waals surface area contributed by atoms with Crippen LogP contribution in [0.15, 0.2) is 54.6 Å². The summed E-state index contributed by atoms with van der Waals surface area (Å²) in [5.74, 6) is -0.319. The van der Waals surface area contributed by atoms with Crippen molar-refractivity contribution in [3.8, 4) is 11.5 Å². The van der Waals surface area contributed by atoms with Gasteiger partial charge in [0.05, 0.1) is 24.5 Å². The van der Waals surface area contributed by atoms with E-state index in [-0.39, 0.29) is 18.6 Å². The average Bonchev–Trinajstić information content (AvgIpc) is 3.49. The Morgan fingerprint density at radius 1 is 1.13 bits per heavy atom. The highest BCUT2D eigenvalue weighted by molar-refractivity contribution is 6.30. The molecule has 4 atom stereocenters. The molecule has 8 heteroatoms. The quantitative estimate of drug-likeness (QED) is 0.766. The minimum atomic E-state index is -0.779. The molecule has 4 heterocycles. The number of ether oxygens (including phenoxy) is 3. The average molecular weight is 425 g/mol. The zero-order valence-corrected chi connectivity index (χ0v) is 16.5. The standard InChI is InChI=1S/C22H17ClN2O5/c23-12-1-4-14(5-2-12)25-10-22-8-7-16(30-22)18(19(22)21(25)27)20(26)24-13-3-6-15-17(9-13)29-11-28-15/h1-9,16,18-19H,10-11H2,(H,24,26)/t16-,18-,19-,22-/m1/s1. The van der Waals surface area contributed by atoms with Crippen LogP contribution >= 0.6 is 11.6 Å². The fourth-order valence-corrected chi connectivity index (χ4v) is 4.96. The molecular weight excluding hydrogens is 408 g/mol. The van der Waals surface area contributed by atoms with Crippen molar-refractivity contribution in [3.63, 3.8) is 0 Å². The fraction of sp³-hybridized carbons (Fsp3) is 0.273. The molecule has 6 rings (SSSR count). The number of anilines is 2. The summed E-state index contributed by atoms with van der Waals surface area (Å²) in [5.41, 5.74) is 0.548. The van der Waals surface area contributed by atoms with Crippen LogP contribution < -0.4 is 19.7 Å². The molecule has 7 nitrogen and oxygen atoms in total. The van der Waals surface area contributed by atoms with Crippen molar-refractivity contribution in [2.75, 3.05) is 23.6 Å². The molecule has 2 aromatic carbocycles. The molecule has 0 unspecified atom stereocenters. The number of rotatable bonds is 3. The van der Waals surface area contributed by atoms with E-state index in [4.69, 9.17) is 25.8 Å². The van der Waals surface area contributed by atoms with E-state index in [1.165, 1.54) is 0 Å². The lowest BCUT2D eigenvalue weighted by atomic mass is 9.77. The highest BCUT2D eigenvalue weighted by Crippen LogP contribution is 2.53. The minimum absolute atomic E-state index is 0.116. The number of hydrogen-bond donors (Lipinski definition) is 1. The maximum Gasteiger partial charge on any atom is 0.234 e. The molecule has 0 saturated carbocycles. The van der Waals surface area contributed by atoms with E-state index in [0.717, 1.165) is 5.69 Å². The largest absolute Gasteiger partial charge is 0.454 e. The molecule has 2 saturated heterocycles. The van der Waals surface area contributed by atoms with Gasteiger partial charge >= 0.3 is 0 Å². The summed E-state index contributed by atoms with van der Waals surface area (Å²) in [6, 6.07) is 12.3. The van der Waals surface area contributed by atoms with Gasteiger partial charge in [-0.3, -0.25) is 9.59 Å². The van der Waals surface area contributed by atoms with Crippen molar-refractivity contribution >= 4 is 34.8 Å². The van der Waals surface area contributed by atoms with Crippen molar-refractivity contribution in [2.45, 2.75) is 11.7 Å². The van der Waals surface area contributed by atoms with Crippen LogP contribution in [0.1, 0.15) is 0 Å². The molecule has 2 aromatic rings. The number of nitrogens with zero attached hydrogens (tertiary/aromatic N) is 1. The first-order chi connectivity index (χ1) is 14.5. The van der Waals surface area contributed by atoms with E-state index >= 15 is 0 Å². The maximum absolute atomic E-state index is 13.3. The number of halogens is 1. The molecule has 2 bridgehead atoms. The number of carbonyl (C=O) groups excluding carboxylic acids is 2. The lowest BCUT2D eigenvalue weighted by Gasteiger charge is -2.23. The van der Waals surface area contributed by atoms with E-state index in [9.17, 15) is 9.59 Å². The lowest BCUT2D eigenvalue weighted by molar-refractivity contribution is -0.128. The highest BCUT2D eigenvalue weighted by atomic mass is 35.5. The molecule has 0 aromatic heterocycles. The van der Waals surface area contributed by atoms with Gasteiger partial charge in [-0.1, -0.05) is 23.8 Å². The maximum atomic E-state index is 13.3. The Bertz CT molecular complexity index is 1100. The molecular formula is C22H17ClN2O5. The predicted molar refractivity (Wildman–Crippen MR) is 109 cm³/mol. The third-order valence-electron chi connectivity index (χ3n) is 6.18. The Morgan fingerprint density at radius 2 is 1.93 bits per heavy atom. The Balaban J connectivity index is 1.28. The molecule has 1 spiro atoms. The van der Waals surface area contributed by atoms with Gasteiger partial charge in [-0.2, -0.15) is 0 Å². The number of nitrogens with one attached hydrogen (secondary N) is 1. The van der Waals surface area contributed by atoms with Crippen molar-refractivity contribution in [1.82, 2.24) is 0 Å². The van der Waals surface area contributed by atoms with E-state index in [0.29, 0.717) is 28.8 Å². The van der Waals surface area contributed by atoms with Crippen LogP contribution in [0.3, 0.4) is 0 Å². The second kappa shape index (κ2) is 6.23. The van der Waals surface area contributed by atoms with Crippen LogP contribution in [-0.4, -0.2) is 36.9 Å². The molecule has 2 amide bonds. The number of hydrogen-bond acceptors (Lipinski definition) is 5. The Labute approximate surface area is 177 Å². The summed E-state index contributed by atoms with van der Waals surface area (Å²) in [6.07, 6.45) is 3.40. The summed E-state index contributed by atoms with van der Waals surface area (Å²) in [6.45, 7) is 0.536. The van der Waals surface area contributed by atoms with Crippen molar-refractivity contribution < 1.29 is 23.8 Å². The first-order valence-electron chi connectivity index (χ1n) is 9.69. The van der Waals surface area contributed by atoms with Crippen molar-refractivity contribution in [1.29, 1.82) is 0 Å². The van der Waals surface area contributed by atoms with E-state index in [1.54, 1.807) is 47.4 Å². The van der Waals surface area contributed by atoms with Crippen LogP contribution in [0.2, 0.25) is 5.02 Å². The summed E-state index contributed by atoms with van der Waals surface area (Å²) < 4.78 is 16.8. The van der Waals surface area contributed by atoms with Crippen molar-refractivity contribution in [3.05, 3.63) is 59.6 Å². The Hall–Kier alpha value is -3.03. The lowest BCUT2D eigenvalue weighted by Crippen LogP contribution is -2.41.